The van der Waals surface area contributed by atoms with E-state index in [4.69, 9.17) is 4.74 Å². The highest BCUT2D eigenvalue weighted by Crippen LogP contribution is 2.25. The van der Waals surface area contributed by atoms with E-state index in [1.165, 1.54) is 0 Å². The van der Waals surface area contributed by atoms with Gasteiger partial charge < -0.3 is 4.74 Å². The number of carbonyl (C=O) groups is 2. The zero-order valence-electron chi connectivity index (χ0n) is 10.8. The van der Waals surface area contributed by atoms with E-state index in [0.29, 0.717) is 43.8 Å². The summed E-state index contributed by atoms with van der Waals surface area (Å²) >= 11 is 3.37. The van der Waals surface area contributed by atoms with Crippen LogP contribution < -0.4 is 4.74 Å². The molecule has 1 aromatic rings. The van der Waals surface area contributed by atoms with Gasteiger partial charge in [0.25, 0.3) is 0 Å². The topological polar surface area (TPSA) is 46.6 Å². The second-order valence-electron chi connectivity index (χ2n) is 4.59. The van der Waals surface area contributed by atoms with Crippen LogP contribution in [0, 0.1) is 0 Å². The predicted octanol–water partition coefficient (Wildman–Crippen LogP) is 2.31. The van der Waals surface area contributed by atoms with Gasteiger partial charge in [-0.25, -0.2) is 0 Å². The molecule has 0 aliphatic carbocycles. The average Bonchev–Trinajstić information content (AvgIpc) is 2.41. The Morgan fingerprint density at radius 2 is 2.05 bits per heavy atom. The SMILES string of the molecule is COc1ccc(C(=O)CN2CCC(=O)CC2)cc1Br. The molecule has 19 heavy (non-hydrogen) atoms. The molecule has 1 fully saturated rings. The van der Waals surface area contributed by atoms with Gasteiger partial charge in [-0.05, 0) is 34.1 Å². The zero-order chi connectivity index (χ0) is 13.8. The second kappa shape index (κ2) is 6.30. The maximum absolute atomic E-state index is 12.2. The van der Waals surface area contributed by atoms with Gasteiger partial charge in [-0.15, -0.1) is 0 Å². The van der Waals surface area contributed by atoms with E-state index in [1.807, 2.05) is 4.90 Å². The summed E-state index contributed by atoms with van der Waals surface area (Å²) in [6.45, 7) is 1.73. The fourth-order valence-corrected chi connectivity index (χ4v) is 2.64. The number of hydrogen-bond donors (Lipinski definition) is 0. The van der Waals surface area contributed by atoms with Crippen LogP contribution in [0.25, 0.3) is 0 Å². The normalized spacial score (nSPS) is 16.4. The Labute approximate surface area is 120 Å². The van der Waals surface area contributed by atoms with E-state index >= 15 is 0 Å². The molecule has 102 valence electrons. The van der Waals surface area contributed by atoms with Crippen molar-refractivity contribution in [3.05, 3.63) is 28.2 Å². The van der Waals surface area contributed by atoms with Crippen molar-refractivity contribution in [3.63, 3.8) is 0 Å². The van der Waals surface area contributed by atoms with Crippen LogP contribution in [-0.4, -0.2) is 43.2 Å². The molecule has 0 N–H and O–H groups in total. The summed E-state index contributed by atoms with van der Waals surface area (Å²) in [5, 5.41) is 0. The first-order valence-corrected chi connectivity index (χ1v) is 7.00. The standard InChI is InChI=1S/C14H16BrNO3/c1-19-14-3-2-10(8-12(14)15)13(18)9-16-6-4-11(17)5-7-16/h2-3,8H,4-7,9H2,1H3. The van der Waals surface area contributed by atoms with Gasteiger partial charge in [-0.1, -0.05) is 0 Å². The number of likely N-dealkylation sites (tertiary alicyclic amines) is 1. The second-order valence-corrected chi connectivity index (χ2v) is 5.44. The summed E-state index contributed by atoms with van der Waals surface area (Å²) in [6, 6.07) is 5.31. The minimum absolute atomic E-state index is 0.0673. The molecule has 0 unspecified atom stereocenters. The number of carbonyl (C=O) groups excluding carboxylic acids is 2. The third-order valence-corrected chi connectivity index (χ3v) is 3.87. The van der Waals surface area contributed by atoms with Crippen molar-refractivity contribution in [2.24, 2.45) is 0 Å². The summed E-state index contributed by atoms with van der Waals surface area (Å²) in [5.41, 5.74) is 0.657. The van der Waals surface area contributed by atoms with Gasteiger partial charge in [0.1, 0.15) is 11.5 Å². The summed E-state index contributed by atoms with van der Waals surface area (Å²) < 4.78 is 5.91. The van der Waals surface area contributed by atoms with Crippen LogP contribution in [0.2, 0.25) is 0 Å². The van der Waals surface area contributed by atoms with E-state index in [2.05, 4.69) is 15.9 Å². The van der Waals surface area contributed by atoms with E-state index in [-0.39, 0.29) is 11.6 Å². The minimum atomic E-state index is 0.0673. The van der Waals surface area contributed by atoms with Gasteiger partial charge in [0, 0.05) is 31.5 Å². The molecular weight excluding hydrogens is 310 g/mol. The lowest BCUT2D eigenvalue weighted by molar-refractivity contribution is -0.121. The smallest absolute Gasteiger partial charge is 0.176 e. The summed E-state index contributed by atoms with van der Waals surface area (Å²) in [4.78, 5) is 25.3. The molecule has 1 heterocycles. The molecule has 0 bridgehead atoms. The van der Waals surface area contributed by atoms with Crippen molar-refractivity contribution >= 4 is 27.5 Å². The Morgan fingerprint density at radius 3 is 2.63 bits per heavy atom. The van der Waals surface area contributed by atoms with E-state index in [1.54, 1.807) is 25.3 Å². The third kappa shape index (κ3) is 3.64. The Balaban J connectivity index is 2.00. The summed E-state index contributed by atoms with van der Waals surface area (Å²) in [7, 11) is 1.59. The van der Waals surface area contributed by atoms with Crippen LogP contribution in [0.3, 0.4) is 0 Å². The van der Waals surface area contributed by atoms with Crippen LogP contribution in [0.15, 0.2) is 22.7 Å². The minimum Gasteiger partial charge on any atom is -0.496 e. The largest absolute Gasteiger partial charge is 0.496 e. The number of rotatable bonds is 4. The highest BCUT2D eigenvalue weighted by molar-refractivity contribution is 9.10. The Hall–Kier alpha value is -1.20. The molecule has 0 saturated carbocycles. The van der Waals surface area contributed by atoms with Gasteiger partial charge in [-0.2, -0.15) is 0 Å². The van der Waals surface area contributed by atoms with E-state index < -0.39 is 0 Å². The number of nitrogens with zero attached hydrogens (tertiary/aromatic N) is 1. The molecule has 0 amide bonds. The first kappa shape index (κ1) is 14.2. The number of ketones is 2. The molecule has 5 heteroatoms. The molecule has 0 atom stereocenters. The molecule has 0 aromatic heterocycles. The summed E-state index contributed by atoms with van der Waals surface area (Å²) in [6.07, 6.45) is 1.11. The van der Waals surface area contributed by atoms with E-state index in [0.717, 1.165) is 4.47 Å². The molecule has 2 rings (SSSR count). The summed E-state index contributed by atoms with van der Waals surface area (Å²) in [5.74, 6) is 1.06. The van der Waals surface area contributed by atoms with Crippen molar-refractivity contribution < 1.29 is 14.3 Å². The lowest BCUT2D eigenvalue weighted by Crippen LogP contribution is -2.37. The molecule has 1 aromatic carbocycles. The fraction of sp³-hybridized carbons (Fsp3) is 0.429. The molecule has 0 radical (unpaired) electrons. The number of hydrogen-bond acceptors (Lipinski definition) is 4. The van der Waals surface area contributed by atoms with Crippen LogP contribution in [0.4, 0.5) is 0 Å². The van der Waals surface area contributed by atoms with Gasteiger partial charge in [0.15, 0.2) is 5.78 Å². The molecule has 1 aliphatic rings. The van der Waals surface area contributed by atoms with Crippen LogP contribution >= 0.6 is 15.9 Å². The highest BCUT2D eigenvalue weighted by atomic mass is 79.9. The molecular formula is C14H16BrNO3. The molecule has 0 spiro atoms. The lowest BCUT2D eigenvalue weighted by atomic mass is 10.1. The predicted molar refractivity (Wildman–Crippen MR) is 75.7 cm³/mol. The Kier molecular flexibility index (Phi) is 4.71. The number of halogens is 1. The van der Waals surface area contributed by atoms with Gasteiger partial charge in [-0.3, -0.25) is 14.5 Å². The zero-order valence-corrected chi connectivity index (χ0v) is 12.4. The third-order valence-electron chi connectivity index (χ3n) is 3.25. The van der Waals surface area contributed by atoms with Crippen molar-refractivity contribution in [3.8, 4) is 5.75 Å². The average molecular weight is 326 g/mol. The number of piperidine rings is 1. The number of benzene rings is 1. The lowest BCUT2D eigenvalue weighted by Gasteiger charge is -2.24. The molecule has 4 nitrogen and oxygen atoms in total. The maximum atomic E-state index is 12.2. The number of Topliss-reactive ketones (excluding diaryl/α,β-unsaturated/α-hetero) is 2. The first-order valence-electron chi connectivity index (χ1n) is 6.21. The van der Waals surface area contributed by atoms with Crippen LogP contribution in [0.5, 0.6) is 5.75 Å². The Morgan fingerprint density at radius 1 is 1.37 bits per heavy atom. The number of ether oxygens (including phenoxy) is 1. The Bertz CT molecular complexity index is 491. The van der Waals surface area contributed by atoms with Gasteiger partial charge >= 0.3 is 0 Å². The number of methoxy groups -OCH3 is 1. The van der Waals surface area contributed by atoms with Crippen molar-refractivity contribution in [1.29, 1.82) is 0 Å². The fourth-order valence-electron chi connectivity index (χ4n) is 2.09. The van der Waals surface area contributed by atoms with Crippen molar-refractivity contribution in [2.45, 2.75) is 12.8 Å². The van der Waals surface area contributed by atoms with Crippen LogP contribution in [0.1, 0.15) is 23.2 Å². The quantitative estimate of drug-likeness (QED) is 0.797. The maximum Gasteiger partial charge on any atom is 0.176 e. The molecule has 1 saturated heterocycles. The molecule has 1 aliphatic heterocycles. The van der Waals surface area contributed by atoms with Gasteiger partial charge in [0.2, 0.25) is 0 Å². The first-order chi connectivity index (χ1) is 9.10. The van der Waals surface area contributed by atoms with Crippen LogP contribution in [-0.2, 0) is 4.79 Å². The van der Waals surface area contributed by atoms with Crippen molar-refractivity contribution in [2.75, 3.05) is 26.7 Å². The van der Waals surface area contributed by atoms with E-state index in [9.17, 15) is 9.59 Å². The highest BCUT2D eigenvalue weighted by Gasteiger charge is 2.19. The van der Waals surface area contributed by atoms with Gasteiger partial charge in [0.05, 0.1) is 18.1 Å². The van der Waals surface area contributed by atoms with Crippen molar-refractivity contribution in [1.82, 2.24) is 4.90 Å². The monoisotopic (exact) mass is 325 g/mol.